The number of aromatic nitrogens is 1. The predicted octanol–water partition coefficient (Wildman–Crippen LogP) is 3.53. The molecule has 0 saturated heterocycles. The summed E-state index contributed by atoms with van der Waals surface area (Å²) < 4.78 is 5.97. The van der Waals surface area contributed by atoms with Crippen molar-refractivity contribution in [1.29, 1.82) is 0 Å². The van der Waals surface area contributed by atoms with Crippen LogP contribution in [0.5, 0.6) is 11.5 Å². The van der Waals surface area contributed by atoms with Crippen molar-refractivity contribution in [3.05, 3.63) is 66.4 Å². The van der Waals surface area contributed by atoms with Crippen LogP contribution in [0.2, 0.25) is 0 Å². The molecular weight excluding hydrogens is 248 g/mol. The van der Waals surface area contributed by atoms with Gasteiger partial charge in [0.25, 0.3) is 0 Å². The van der Waals surface area contributed by atoms with Gasteiger partial charge >= 0.3 is 0 Å². The topological polar surface area (TPSA) is 48.1 Å². The van der Waals surface area contributed by atoms with Gasteiger partial charge in [-0.25, -0.2) is 0 Å². The molecule has 0 unspecified atom stereocenters. The number of pyridine rings is 1. The maximum atomic E-state index is 5.97. The van der Waals surface area contributed by atoms with E-state index < -0.39 is 0 Å². The third-order valence-corrected chi connectivity index (χ3v) is 3.19. The molecule has 1 aromatic heterocycles. The molecule has 2 aromatic carbocycles. The highest BCUT2D eigenvalue weighted by atomic mass is 16.5. The van der Waals surface area contributed by atoms with Crippen molar-refractivity contribution < 1.29 is 4.74 Å². The highest BCUT2D eigenvalue weighted by Gasteiger charge is 2.04. The van der Waals surface area contributed by atoms with Crippen LogP contribution in [0.3, 0.4) is 0 Å². The Morgan fingerprint density at radius 1 is 1.00 bits per heavy atom. The fourth-order valence-corrected chi connectivity index (χ4v) is 2.20. The summed E-state index contributed by atoms with van der Waals surface area (Å²) in [5, 5.41) is 1.11. The molecular formula is C17H16N2O. The maximum absolute atomic E-state index is 5.97. The van der Waals surface area contributed by atoms with Crippen LogP contribution in [-0.2, 0) is 6.42 Å². The Morgan fingerprint density at radius 2 is 1.90 bits per heavy atom. The first kappa shape index (κ1) is 12.6. The lowest BCUT2D eigenvalue weighted by Gasteiger charge is -2.10. The fraction of sp³-hybridized carbons (Fsp3) is 0.118. The van der Waals surface area contributed by atoms with E-state index in [0.717, 1.165) is 34.4 Å². The van der Waals surface area contributed by atoms with Gasteiger partial charge in [-0.05, 0) is 42.8 Å². The van der Waals surface area contributed by atoms with Gasteiger partial charge in [-0.1, -0.05) is 24.3 Å². The zero-order chi connectivity index (χ0) is 13.8. The number of benzene rings is 2. The molecule has 3 rings (SSSR count). The lowest BCUT2D eigenvalue weighted by molar-refractivity contribution is 0.477. The second-order valence-corrected chi connectivity index (χ2v) is 4.61. The molecule has 2 N–H and O–H groups in total. The summed E-state index contributed by atoms with van der Waals surface area (Å²) in [6.45, 7) is 0.611. The summed E-state index contributed by atoms with van der Waals surface area (Å²) in [7, 11) is 0. The van der Waals surface area contributed by atoms with E-state index in [2.05, 4.69) is 4.98 Å². The summed E-state index contributed by atoms with van der Waals surface area (Å²) >= 11 is 0. The van der Waals surface area contributed by atoms with Crippen LogP contribution in [0.4, 0.5) is 0 Å². The zero-order valence-electron chi connectivity index (χ0n) is 11.1. The van der Waals surface area contributed by atoms with Crippen LogP contribution >= 0.6 is 0 Å². The van der Waals surface area contributed by atoms with Gasteiger partial charge in [-0.2, -0.15) is 0 Å². The third kappa shape index (κ3) is 2.63. The van der Waals surface area contributed by atoms with Gasteiger partial charge in [0.15, 0.2) is 0 Å². The Bertz CT molecular complexity index is 725. The molecule has 3 nitrogen and oxygen atoms in total. The van der Waals surface area contributed by atoms with Crippen molar-refractivity contribution in [1.82, 2.24) is 4.98 Å². The SMILES string of the molecule is NCCc1ccccc1Oc1ccc2cccnc2c1. The Kier molecular flexibility index (Phi) is 3.61. The summed E-state index contributed by atoms with van der Waals surface area (Å²) in [5.41, 5.74) is 7.68. The van der Waals surface area contributed by atoms with E-state index in [1.165, 1.54) is 0 Å². The van der Waals surface area contributed by atoms with Crippen LogP contribution in [-0.4, -0.2) is 11.5 Å². The van der Waals surface area contributed by atoms with Crippen molar-refractivity contribution in [2.75, 3.05) is 6.54 Å². The van der Waals surface area contributed by atoms with E-state index in [-0.39, 0.29) is 0 Å². The summed E-state index contributed by atoms with van der Waals surface area (Å²) in [5.74, 6) is 1.65. The molecule has 3 aromatic rings. The van der Waals surface area contributed by atoms with Crippen LogP contribution in [0.1, 0.15) is 5.56 Å². The molecule has 0 bridgehead atoms. The van der Waals surface area contributed by atoms with Crippen LogP contribution in [0, 0.1) is 0 Å². The highest BCUT2D eigenvalue weighted by Crippen LogP contribution is 2.27. The minimum Gasteiger partial charge on any atom is -0.457 e. The van der Waals surface area contributed by atoms with Gasteiger partial charge in [0.1, 0.15) is 11.5 Å². The first-order chi connectivity index (χ1) is 9.86. The molecule has 1 heterocycles. The van der Waals surface area contributed by atoms with Crippen molar-refractivity contribution in [2.24, 2.45) is 5.73 Å². The Labute approximate surface area is 118 Å². The van der Waals surface area contributed by atoms with Crippen molar-refractivity contribution in [2.45, 2.75) is 6.42 Å². The van der Waals surface area contributed by atoms with Gasteiger partial charge < -0.3 is 10.5 Å². The molecule has 0 amide bonds. The number of rotatable bonds is 4. The lowest BCUT2D eigenvalue weighted by atomic mass is 10.1. The number of nitrogens with zero attached hydrogens (tertiary/aromatic N) is 1. The first-order valence-corrected chi connectivity index (χ1v) is 6.67. The summed E-state index contributed by atoms with van der Waals surface area (Å²) in [4.78, 5) is 4.34. The predicted molar refractivity (Wildman–Crippen MR) is 81.0 cm³/mol. The summed E-state index contributed by atoms with van der Waals surface area (Å²) in [6, 6.07) is 17.9. The van der Waals surface area contributed by atoms with Crippen LogP contribution in [0.25, 0.3) is 10.9 Å². The number of para-hydroxylation sites is 1. The molecule has 0 radical (unpaired) electrons. The molecule has 0 saturated carbocycles. The van der Waals surface area contributed by atoms with Crippen molar-refractivity contribution >= 4 is 10.9 Å². The second kappa shape index (κ2) is 5.72. The smallest absolute Gasteiger partial charge is 0.130 e. The fourth-order valence-electron chi connectivity index (χ4n) is 2.20. The highest BCUT2D eigenvalue weighted by molar-refractivity contribution is 5.79. The number of fused-ring (bicyclic) bond motifs is 1. The molecule has 0 spiro atoms. The van der Waals surface area contributed by atoms with E-state index in [0.29, 0.717) is 6.54 Å². The van der Waals surface area contributed by atoms with Crippen molar-refractivity contribution in [3.63, 3.8) is 0 Å². The molecule has 0 aliphatic heterocycles. The average molecular weight is 264 g/mol. The number of hydrogen-bond donors (Lipinski definition) is 1. The van der Waals surface area contributed by atoms with Gasteiger partial charge in [0, 0.05) is 17.6 Å². The molecule has 3 heteroatoms. The van der Waals surface area contributed by atoms with Gasteiger partial charge in [0.05, 0.1) is 5.52 Å². The molecule has 0 atom stereocenters. The Hall–Kier alpha value is -2.39. The zero-order valence-corrected chi connectivity index (χ0v) is 11.1. The van der Waals surface area contributed by atoms with Crippen LogP contribution in [0.15, 0.2) is 60.8 Å². The molecule has 0 aliphatic carbocycles. The minimum absolute atomic E-state index is 0.611. The van der Waals surface area contributed by atoms with E-state index in [1.54, 1.807) is 6.20 Å². The number of ether oxygens (including phenoxy) is 1. The van der Waals surface area contributed by atoms with E-state index in [9.17, 15) is 0 Å². The maximum Gasteiger partial charge on any atom is 0.130 e. The molecule has 0 fully saturated rings. The minimum atomic E-state index is 0.611. The standard InChI is InChI=1S/C17H16N2O/c18-10-9-14-4-1-2-6-17(14)20-15-8-7-13-5-3-11-19-16(13)12-15/h1-8,11-12H,9-10,18H2. The first-order valence-electron chi connectivity index (χ1n) is 6.67. The lowest BCUT2D eigenvalue weighted by Crippen LogP contribution is -2.03. The normalized spacial score (nSPS) is 10.7. The number of hydrogen-bond acceptors (Lipinski definition) is 3. The van der Waals surface area contributed by atoms with Gasteiger partial charge in [0.2, 0.25) is 0 Å². The quantitative estimate of drug-likeness (QED) is 0.784. The Balaban J connectivity index is 1.93. The van der Waals surface area contributed by atoms with E-state index in [4.69, 9.17) is 10.5 Å². The monoisotopic (exact) mass is 264 g/mol. The van der Waals surface area contributed by atoms with E-state index >= 15 is 0 Å². The van der Waals surface area contributed by atoms with Crippen molar-refractivity contribution in [3.8, 4) is 11.5 Å². The summed E-state index contributed by atoms with van der Waals surface area (Å²) in [6.07, 6.45) is 2.59. The molecule has 20 heavy (non-hydrogen) atoms. The Morgan fingerprint density at radius 3 is 2.80 bits per heavy atom. The van der Waals surface area contributed by atoms with E-state index in [1.807, 2.05) is 54.6 Å². The molecule has 0 aliphatic rings. The molecule has 100 valence electrons. The van der Waals surface area contributed by atoms with Gasteiger partial charge in [-0.15, -0.1) is 0 Å². The second-order valence-electron chi connectivity index (χ2n) is 4.61. The largest absolute Gasteiger partial charge is 0.457 e. The van der Waals surface area contributed by atoms with Gasteiger partial charge in [-0.3, -0.25) is 4.98 Å². The number of nitrogens with two attached hydrogens (primary N) is 1. The third-order valence-electron chi connectivity index (χ3n) is 3.19. The van der Waals surface area contributed by atoms with Crippen LogP contribution < -0.4 is 10.5 Å². The average Bonchev–Trinajstić information content (AvgIpc) is 2.49.